The van der Waals surface area contributed by atoms with Gasteiger partial charge in [0, 0.05) is 17.6 Å². The Morgan fingerprint density at radius 1 is 1.03 bits per heavy atom. The summed E-state index contributed by atoms with van der Waals surface area (Å²) >= 11 is 3.31. The van der Waals surface area contributed by atoms with E-state index in [9.17, 15) is 19.8 Å². The summed E-state index contributed by atoms with van der Waals surface area (Å²) in [5.74, 6) is -0.659. The largest absolute Gasteiger partial charge is 0.509 e. The number of aliphatic hydroxyl groups is 2. The molecule has 2 aliphatic heterocycles. The summed E-state index contributed by atoms with van der Waals surface area (Å²) < 4.78 is 17.1. The quantitative estimate of drug-likeness (QED) is 0.597. The zero-order valence-corrected chi connectivity index (χ0v) is 18.8. The van der Waals surface area contributed by atoms with Gasteiger partial charge >= 0.3 is 12.1 Å². The molecule has 0 unspecified atom stereocenters. The molecule has 2 aromatic rings. The lowest BCUT2D eigenvalue weighted by Crippen LogP contribution is -2.63. The fourth-order valence-corrected chi connectivity index (χ4v) is 4.43. The Morgan fingerprint density at radius 3 is 2.47 bits per heavy atom. The fraction of sp³-hybridized carbons (Fsp3) is 0.391. The van der Waals surface area contributed by atoms with E-state index in [0.717, 1.165) is 10.0 Å². The van der Waals surface area contributed by atoms with E-state index in [1.54, 1.807) is 24.3 Å². The molecule has 0 radical (unpaired) electrons. The minimum absolute atomic E-state index is 0.0311. The molecule has 2 saturated heterocycles. The van der Waals surface area contributed by atoms with Crippen LogP contribution in [0.25, 0.3) is 0 Å². The first-order valence-corrected chi connectivity index (χ1v) is 11.2. The molecule has 5 atom stereocenters. The summed E-state index contributed by atoms with van der Waals surface area (Å²) in [5, 5.41) is 21.2. The van der Waals surface area contributed by atoms with Crippen LogP contribution in [0.15, 0.2) is 59.1 Å². The number of aliphatic hydroxyl groups excluding tert-OH is 2. The second-order valence-corrected chi connectivity index (χ2v) is 8.81. The molecule has 170 valence electrons. The third-order valence-electron chi connectivity index (χ3n) is 5.77. The van der Waals surface area contributed by atoms with E-state index < -0.39 is 42.6 Å². The Kier molecular flexibility index (Phi) is 7.10. The number of hydrogen-bond donors (Lipinski definition) is 2. The first kappa shape index (κ1) is 22.7. The van der Waals surface area contributed by atoms with Gasteiger partial charge in [0.05, 0.1) is 17.7 Å². The molecule has 9 heteroatoms. The first-order valence-electron chi connectivity index (χ1n) is 10.4. The summed E-state index contributed by atoms with van der Waals surface area (Å²) in [7, 11) is 0. The van der Waals surface area contributed by atoms with Gasteiger partial charge in [0.2, 0.25) is 0 Å². The molecular formula is C23H24BrNO7. The molecule has 8 nitrogen and oxygen atoms in total. The van der Waals surface area contributed by atoms with Gasteiger partial charge in [-0.1, -0.05) is 46.3 Å². The minimum atomic E-state index is -1.23. The second-order valence-electron chi connectivity index (χ2n) is 7.89. The van der Waals surface area contributed by atoms with Crippen LogP contribution in [-0.4, -0.2) is 70.8 Å². The highest BCUT2D eigenvalue weighted by Crippen LogP contribution is 2.31. The summed E-state index contributed by atoms with van der Waals surface area (Å²) in [6.07, 6.45) is -4.54. The van der Waals surface area contributed by atoms with Crippen molar-refractivity contribution in [2.45, 2.75) is 43.5 Å². The number of fused-ring (bicyclic) bond motifs is 1. The number of hydrogen-bond acceptors (Lipinski definition) is 8. The zero-order valence-electron chi connectivity index (χ0n) is 17.2. The Labute approximate surface area is 193 Å². The van der Waals surface area contributed by atoms with Gasteiger partial charge in [0.1, 0.15) is 12.7 Å². The Bertz CT molecular complexity index is 939. The molecule has 2 N–H and O–H groups in total. The van der Waals surface area contributed by atoms with Crippen molar-refractivity contribution >= 4 is 28.1 Å². The third-order valence-corrected chi connectivity index (χ3v) is 6.29. The van der Waals surface area contributed by atoms with Crippen LogP contribution >= 0.6 is 15.9 Å². The standard InChI is InChI=1S/C23H24BrNO7/c24-16-8-6-15(7-9-16)22(28)32-21-18(12-25-11-10-17(26)19(25)20(21)27)31-23(29)30-13-14-4-2-1-3-5-14/h1-9,17-21,26-27H,10-13H2/t17-,18-,19+,20+,21+/m0/s1. The summed E-state index contributed by atoms with van der Waals surface area (Å²) in [6.45, 7) is 0.774. The molecule has 0 bridgehead atoms. The number of esters is 1. The number of piperidine rings is 1. The Morgan fingerprint density at radius 2 is 1.75 bits per heavy atom. The van der Waals surface area contributed by atoms with E-state index in [2.05, 4.69) is 15.9 Å². The van der Waals surface area contributed by atoms with Crippen LogP contribution in [0.5, 0.6) is 0 Å². The predicted molar refractivity (Wildman–Crippen MR) is 117 cm³/mol. The highest BCUT2D eigenvalue weighted by Gasteiger charge is 2.52. The predicted octanol–water partition coefficient (Wildman–Crippen LogP) is 2.51. The average Bonchev–Trinajstić information content (AvgIpc) is 3.16. The SMILES string of the molecule is O=C(OCc1ccccc1)O[C@H]1CN2CC[C@H](O)[C@@H]2[C@@H](O)[C@@H]1OC(=O)c1ccc(Br)cc1. The second kappa shape index (κ2) is 9.99. The molecule has 4 rings (SSSR count). The van der Waals surface area contributed by atoms with E-state index >= 15 is 0 Å². The van der Waals surface area contributed by atoms with Crippen molar-refractivity contribution in [1.82, 2.24) is 4.90 Å². The molecule has 0 amide bonds. The van der Waals surface area contributed by atoms with Crippen LogP contribution in [-0.2, 0) is 20.8 Å². The summed E-state index contributed by atoms with van der Waals surface area (Å²) in [5.41, 5.74) is 1.09. The molecule has 0 aromatic heterocycles. The van der Waals surface area contributed by atoms with Crippen molar-refractivity contribution in [2.24, 2.45) is 0 Å². The molecule has 2 fully saturated rings. The van der Waals surface area contributed by atoms with Crippen molar-refractivity contribution in [2.75, 3.05) is 13.1 Å². The highest BCUT2D eigenvalue weighted by molar-refractivity contribution is 9.10. The number of nitrogens with zero attached hydrogens (tertiary/aromatic N) is 1. The van der Waals surface area contributed by atoms with Gasteiger partial charge in [-0.05, 0) is 36.2 Å². The fourth-order valence-electron chi connectivity index (χ4n) is 4.17. The molecule has 2 heterocycles. The average molecular weight is 506 g/mol. The van der Waals surface area contributed by atoms with Gasteiger partial charge in [-0.15, -0.1) is 0 Å². The van der Waals surface area contributed by atoms with Crippen LogP contribution in [0.2, 0.25) is 0 Å². The van der Waals surface area contributed by atoms with Crippen LogP contribution in [0.3, 0.4) is 0 Å². The normalized spacial score (nSPS) is 27.4. The monoisotopic (exact) mass is 505 g/mol. The molecule has 0 spiro atoms. The number of carbonyl (C=O) groups excluding carboxylic acids is 2. The number of carbonyl (C=O) groups is 2. The maximum atomic E-state index is 12.7. The van der Waals surface area contributed by atoms with Gasteiger partial charge in [0.15, 0.2) is 12.2 Å². The van der Waals surface area contributed by atoms with Crippen LogP contribution in [0.4, 0.5) is 4.79 Å². The topological polar surface area (TPSA) is 106 Å². The van der Waals surface area contributed by atoms with E-state index in [0.29, 0.717) is 18.5 Å². The Hall–Kier alpha value is -2.46. The molecule has 0 saturated carbocycles. The lowest BCUT2D eigenvalue weighted by Gasteiger charge is -2.43. The van der Waals surface area contributed by atoms with E-state index in [-0.39, 0.29) is 13.2 Å². The highest BCUT2D eigenvalue weighted by atomic mass is 79.9. The molecular weight excluding hydrogens is 482 g/mol. The van der Waals surface area contributed by atoms with Gasteiger partial charge in [-0.3, -0.25) is 4.90 Å². The number of benzene rings is 2. The third kappa shape index (κ3) is 5.12. The van der Waals surface area contributed by atoms with E-state index in [1.807, 2.05) is 35.2 Å². The molecule has 0 aliphatic carbocycles. The summed E-state index contributed by atoms with van der Waals surface area (Å²) in [4.78, 5) is 26.9. The van der Waals surface area contributed by atoms with E-state index in [1.165, 1.54) is 0 Å². The molecule has 2 aliphatic rings. The minimum Gasteiger partial charge on any atom is -0.452 e. The first-order chi connectivity index (χ1) is 15.4. The van der Waals surface area contributed by atoms with Crippen molar-refractivity contribution < 1.29 is 34.0 Å². The van der Waals surface area contributed by atoms with Gasteiger partial charge in [0.25, 0.3) is 0 Å². The molecule has 2 aromatic carbocycles. The number of ether oxygens (including phenoxy) is 3. The number of halogens is 1. The zero-order chi connectivity index (χ0) is 22.7. The van der Waals surface area contributed by atoms with Gasteiger partial charge in [-0.2, -0.15) is 0 Å². The van der Waals surface area contributed by atoms with Crippen molar-refractivity contribution in [3.05, 3.63) is 70.2 Å². The van der Waals surface area contributed by atoms with Crippen LogP contribution in [0.1, 0.15) is 22.3 Å². The maximum absolute atomic E-state index is 12.7. The lowest BCUT2D eigenvalue weighted by atomic mass is 9.92. The lowest BCUT2D eigenvalue weighted by molar-refractivity contribution is -0.152. The van der Waals surface area contributed by atoms with Gasteiger partial charge < -0.3 is 24.4 Å². The smallest absolute Gasteiger partial charge is 0.452 e. The Balaban J connectivity index is 1.46. The van der Waals surface area contributed by atoms with Crippen molar-refractivity contribution in [3.8, 4) is 0 Å². The van der Waals surface area contributed by atoms with Gasteiger partial charge in [-0.25, -0.2) is 9.59 Å². The van der Waals surface area contributed by atoms with E-state index in [4.69, 9.17) is 14.2 Å². The van der Waals surface area contributed by atoms with Crippen LogP contribution in [0, 0.1) is 0 Å². The van der Waals surface area contributed by atoms with Crippen molar-refractivity contribution in [3.63, 3.8) is 0 Å². The molecule has 32 heavy (non-hydrogen) atoms. The van der Waals surface area contributed by atoms with Crippen molar-refractivity contribution in [1.29, 1.82) is 0 Å². The maximum Gasteiger partial charge on any atom is 0.509 e. The number of rotatable bonds is 5. The summed E-state index contributed by atoms with van der Waals surface area (Å²) in [6, 6.07) is 15.1. The van der Waals surface area contributed by atoms with Crippen LogP contribution < -0.4 is 0 Å².